The largest absolute Gasteiger partial charge is 0.492 e. The van der Waals surface area contributed by atoms with E-state index in [-0.39, 0.29) is 5.00 Å². The van der Waals surface area contributed by atoms with Crippen LogP contribution in [0, 0.1) is 10.1 Å². The highest BCUT2D eigenvalue weighted by Gasteiger charge is 2.10. The van der Waals surface area contributed by atoms with Gasteiger partial charge in [0.1, 0.15) is 18.6 Å². The first-order valence-corrected chi connectivity index (χ1v) is 6.09. The van der Waals surface area contributed by atoms with Gasteiger partial charge in [-0.15, -0.1) is 0 Å². The molecule has 0 bridgehead atoms. The van der Waals surface area contributed by atoms with Crippen molar-refractivity contribution in [1.29, 1.82) is 0 Å². The van der Waals surface area contributed by atoms with E-state index in [9.17, 15) is 10.1 Å². The number of anilines is 1. The fourth-order valence-corrected chi connectivity index (χ4v) is 1.93. The third-order valence-corrected chi connectivity index (χ3v) is 2.97. The fourth-order valence-electron chi connectivity index (χ4n) is 1.28. The van der Waals surface area contributed by atoms with Crippen molar-refractivity contribution in [2.24, 2.45) is 0 Å². The van der Waals surface area contributed by atoms with E-state index in [0.29, 0.717) is 18.3 Å². The summed E-state index contributed by atoms with van der Waals surface area (Å²) in [5.74, 6) is 0.796. The number of nitro groups is 1. The zero-order chi connectivity index (χ0) is 12.8. The average Bonchev–Trinajstić information content (AvgIpc) is 2.85. The van der Waals surface area contributed by atoms with Gasteiger partial charge in [-0.05, 0) is 23.5 Å². The molecule has 0 radical (unpaired) electrons. The van der Waals surface area contributed by atoms with Gasteiger partial charge in [0.05, 0.1) is 11.5 Å². The number of hydrogen-bond acceptors (Lipinski definition) is 6. The highest BCUT2D eigenvalue weighted by molar-refractivity contribution is 7.18. The smallest absolute Gasteiger partial charge is 0.345 e. The first-order chi connectivity index (χ1) is 8.75. The van der Waals surface area contributed by atoms with Crippen molar-refractivity contribution in [3.8, 4) is 5.75 Å². The first-order valence-electron chi connectivity index (χ1n) is 5.27. The van der Waals surface area contributed by atoms with Gasteiger partial charge in [0.25, 0.3) is 0 Å². The van der Waals surface area contributed by atoms with Crippen LogP contribution in [-0.2, 0) is 0 Å². The lowest BCUT2D eigenvalue weighted by Gasteiger charge is -2.05. The second kappa shape index (κ2) is 5.97. The van der Waals surface area contributed by atoms with Gasteiger partial charge in [-0.2, -0.15) is 0 Å². The molecule has 2 aromatic rings. The van der Waals surface area contributed by atoms with Crippen molar-refractivity contribution >= 4 is 21.5 Å². The Balaban J connectivity index is 1.73. The minimum Gasteiger partial charge on any atom is -0.492 e. The molecule has 7 heteroatoms. The second-order valence-electron chi connectivity index (χ2n) is 3.35. The Morgan fingerprint density at radius 1 is 1.39 bits per heavy atom. The van der Waals surface area contributed by atoms with Gasteiger partial charge in [0, 0.05) is 0 Å². The maximum absolute atomic E-state index is 10.5. The topological polar surface area (TPSA) is 77.3 Å². The Bertz CT molecular complexity index is 515. The molecule has 94 valence electrons. The van der Waals surface area contributed by atoms with Crippen LogP contribution in [0.2, 0.25) is 0 Å². The number of para-hydroxylation sites is 1. The SMILES string of the molecule is O=[N+]([O-])c1cnc(NCCOc2ccccc2)s1. The van der Waals surface area contributed by atoms with Gasteiger partial charge in [0.2, 0.25) is 0 Å². The molecule has 0 spiro atoms. The van der Waals surface area contributed by atoms with Crippen molar-refractivity contribution in [2.45, 2.75) is 0 Å². The normalized spacial score (nSPS) is 10.0. The van der Waals surface area contributed by atoms with E-state index in [1.165, 1.54) is 6.20 Å². The lowest BCUT2D eigenvalue weighted by molar-refractivity contribution is -0.380. The van der Waals surface area contributed by atoms with Gasteiger partial charge in [-0.1, -0.05) is 18.2 Å². The van der Waals surface area contributed by atoms with E-state index in [2.05, 4.69) is 10.3 Å². The molecule has 1 N–H and O–H groups in total. The molecule has 1 aromatic carbocycles. The number of nitrogens with zero attached hydrogens (tertiary/aromatic N) is 2. The Morgan fingerprint density at radius 3 is 2.83 bits per heavy atom. The summed E-state index contributed by atoms with van der Waals surface area (Å²) in [7, 11) is 0. The Hall–Kier alpha value is -2.15. The molecule has 6 nitrogen and oxygen atoms in total. The molecular weight excluding hydrogens is 254 g/mol. The van der Waals surface area contributed by atoms with E-state index < -0.39 is 4.92 Å². The lowest BCUT2D eigenvalue weighted by atomic mass is 10.3. The summed E-state index contributed by atoms with van der Waals surface area (Å²) >= 11 is 1.01. The molecular formula is C11H11N3O3S. The molecule has 0 fully saturated rings. The summed E-state index contributed by atoms with van der Waals surface area (Å²) in [6, 6.07) is 9.45. The van der Waals surface area contributed by atoms with Crippen LogP contribution in [0.1, 0.15) is 0 Å². The first kappa shape index (κ1) is 12.3. The van der Waals surface area contributed by atoms with Gasteiger partial charge in [-0.25, -0.2) is 4.98 Å². The van der Waals surface area contributed by atoms with Crippen LogP contribution >= 0.6 is 11.3 Å². The molecule has 0 aliphatic heterocycles. The third kappa shape index (κ3) is 3.42. The molecule has 0 atom stereocenters. The summed E-state index contributed by atoms with van der Waals surface area (Å²) in [5, 5.41) is 14.0. The predicted octanol–water partition coefficient (Wildman–Crippen LogP) is 2.54. The summed E-state index contributed by atoms with van der Waals surface area (Å²) in [6.07, 6.45) is 1.24. The highest BCUT2D eigenvalue weighted by atomic mass is 32.1. The van der Waals surface area contributed by atoms with Crippen LogP contribution in [0.15, 0.2) is 36.5 Å². The summed E-state index contributed by atoms with van der Waals surface area (Å²) < 4.78 is 5.46. The van der Waals surface area contributed by atoms with Crippen molar-refractivity contribution in [2.75, 3.05) is 18.5 Å². The number of nitrogens with one attached hydrogen (secondary N) is 1. The van der Waals surface area contributed by atoms with Crippen LogP contribution in [-0.4, -0.2) is 23.1 Å². The quantitative estimate of drug-likeness (QED) is 0.493. The molecule has 0 amide bonds. The number of ether oxygens (including phenoxy) is 1. The Kier molecular flexibility index (Phi) is 4.08. The van der Waals surface area contributed by atoms with E-state index in [0.717, 1.165) is 17.1 Å². The summed E-state index contributed by atoms with van der Waals surface area (Å²) in [6.45, 7) is 1.01. The summed E-state index contributed by atoms with van der Waals surface area (Å²) in [4.78, 5) is 13.9. The standard InChI is InChI=1S/C11H11N3O3S/c15-14(16)10-8-13-11(18-10)12-6-7-17-9-4-2-1-3-5-9/h1-5,8H,6-7H2,(H,12,13). The fraction of sp³-hybridized carbons (Fsp3) is 0.182. The van der Waals surface area contributed by atoms with Crippen LogP contribution in [0.3, 0.4) is 0 Å². The van der Waals surface area contributed by atoms with Crippen molar-refractivity contribution in [3.05, 3.63) is 46.6 Å². The monoisotopic (exact) mass is 265 g/mol. The maximum Gasteiger partial charge on any atom is 0.345 e. The highest BCUT2D eigenvalue weighted by Crippen LogP contribution is 2.24. The van der Waals surface area contributed by atoms with Crippen LogP contribution < -0.4 is 10.1 Å². The molecule has 1 aromatic heterocycles. The number of benzene rings is 1. The molecule has 0 saturated carbocycles. The summed E-state index contributed by atoms with van der Waals surface area (Å²) in [5.41, 5.74) is 0. The predicted molar refractivity (Wildman–Crippen MR) is 69.2 cm³/mol. The lowest BCUT2D eigenvalue weighted by Crippen LogP contribution is -2.11. The van der Waals surface area contributed by atoms with Crippen LogP contribution in [0.5, 0.6) is 5.75 Å². The second-order valence-corrected chi connectivity index (χ2v) is 4.36. The van der Waals surface area contributed by atoms with Gasteiger partial charge >= 0.3 is 5.00 Å². The molecule has 2 rings (SSSR count). The average molecular weight is 265 g/mol. The van der Waals surface area contributed by atoms with E-state index >= 15 is 0 Å². The molecule has 18 heavy (non-hydrogen) atoms. The van der Waals surface area contributed by atoms with Gasteiger partial charge < -0.3 is 10.1 Å². The molecule has 0 aliphatic rings. The molecule has 0 aliphatic carbocycles. The van der Waals surface area contributed by atoms with E-state index in [4.69, 9.17) is 4.74 Å². The van der Waals surface area contributed by atoms with Crippen molar-refractivity contribution in [1.82, 2.24) is 4.98 Å². The molecule has 0 saturated heterocycles. The minimum absolute atomic E-state index is 0.0291. The number of rotatable bonds is 6. The van der Waals surface area contributed by atoms with E-state index in [1.807, 2.05) is 30.3 Å². The minimum atomic E-state index is -0.455. The van der Waals surface area contributed by atoms with Gasteiger partial charge in [-0.3, -0.25) is 10.1 Å². The third-order valence-electron chi connectivity index (χ3n) is 2.06. The number of hydrogen-bond donors (Lipinski definition) is 1. The Labute approximate surface area is 107 Å². The van der Waals surface area contributed by atoms with E-state index in [1.54, 1.807) is 0 Å². The van der Waals surface area contributed by atoms with Crippen LogP contribution in [0.25, 0.3) is 0 Å². The zero-order valence-electron chi connectivity index (χ0n) is 9.41. The maximum atomic E-state index is 10.5. The zero-order valence-corrected chi connectivity index (χ0v) is 10.2. The number of aromatic nitrogens is 1. The molecule has 1 heterocycles. The molecule has 0 unspecified atom stereocenters. The Morgan fingerprint density at radius 2 is 2.17 bits per heavy atom. The van der Waals surface area contributed by atoms with Crippen molar-refractivity contribution < 1.29 is 9.66 Å². The van der Waals surface area contributed by atoms with Crippen molar-refractivity contribution in [3.63, 3.8) is 0 Å². The van der Waals surface area contributed by atoms with Gasteiger partial charge in [0.15, 0.2) is 5.13 Å². The number of thiazole rings is 1. The van der Waals surface area contributed by atoms with Crippen LogP contribution in [0.4, 0.5) is 10.1 Å².